The Labute approximate surface area is 220 Å². The van der Waals surface area contributed by atoms with Crippen molar-refractivity contribution < 1.29 is 10.2 Å². The molecule has 2 N–H and O–H groups in total. The van der Waals surface area contributed by atoms with Crippen LogP contribution in [0.2, 0.25) is 0 Å². The predicted octanol–water partition coefficient (Wildman–Crippen LogP) is 7.47. The smallest absolute Gasteiger partial charge is 0.123 e. The molecule has 0 bridgehead atoms. The van der Waals surface area contributed by atoms with Crippen LogP contribution in [0.4, 0.5) is 0 Å². The summed E-state index contributed by atoms with van der Waals surface area (Å²) in [6.45, 7) is 22.1. The van der Waals surface area contributed by atoms with Crippen LogP contribution in [0.15, 0.2) is 49.6 Å². The molecule has 0 aliphatic rings. The van der Waals surface area contributed by atoms with Gasteiger partial charge in [0.2, 0.25) is 0 Å². The van der Waals surface area contributed by atoms with Crippen molar-refractivity contribution in [3.8, 4) is 22.6 Å². The van der Waals surface area contributed by atoms with Crippen LogP contribution in [0.25, 0.3) is 11.1 Å². The van der Waals surface area contributed by atoms with Crippen molar-refractivity contribution >= 4 is 0 Å². The molecule has 0 radical (unpaired) electrons. The SMILES string of the molecule is C=CCc1cc(-c2cc(CC=C)c(O)c(CN(CCC)CCC)c2)cc(CN(CCC)CCC)c1O. The summed E-state index contributed by atoms with van der Waals surface area (Å²) in [7, 11) is 0. The molecule has 0 aliphatic carbocycles. The van der Waals surface area contributed by atoms with E-state index in [1.165, 1.54) is 0 Å². The summed E-state index contributed by atoms with van der Waals surface area (Å²) < 4.78 is 0. The average molecular weight is 493 g/mol. The summed E-state index contributed by atoms with van der Waals surface area (Å²) in [5.41, 5.74) is 5.82. The Morgan fingerprint density at radius 1 is 0.583 bits per heavy atom. The Balaban J connectivity index is 2.62. The number of phenols is 2. The largest absolute Gasteiger partial charge is 0.507 e. The van der Waals surface area contributed by atoms with Gasteiger partial charge in [-0.3, -0.25) is 9.80 Å². The van der Waals surface area contributed by atoms with Crippen LogP contribution < -0.4 is 0 Å². The van der Waals surface area contributed by atoms with Gasteiger partial charge >= 0.3 is 0 Å². The molecule has 2 aromatic carbocycles. The summed E-state index contributed by atoms with van der Waals surface area (Å²) in [5, 5.41) is 22.2. The van der Waals surface area contributed by atoms with Crippen molar-refractivity contribution in [2.45, 2.75) is 79.3 Å². The van der Waals surface area contributed by atoms with E-state index in [0.29, 0.717) is 24.3 Å². The number of hydrogen-bond donors (Lipinski definition) is 2. The minimum Gasteiger partial charge on any atom is -0.507 e. The Morgan fingerprint density at radius 3 is 1.17 bits per heavy atom. The maximum absolute atomic E-state index is 11.1. The Kier molecular flexibility index (Phi) is 12.8. The van der Waals surface area contributed by atoms with Gasteiger partial charge < -0.3 is 10.2 Å². The molecule has 0 saturated heterocycles. The van der Waals surface area contributed by atoms with Gasteiger partial charge in [0.05, 0.1) is 0 Å². The van der Waals surface area contributed by atoms with Crippen molar-refractivity contribution in [3.63, 3.8) is 0 Å². The first-order chi connectivity index (χ1) is 17.4. The van der Waals surface area contributed by atoms with Gasteiger partial charge in [-0.05, 0) is 111 Å². The van der Waals surface area contributed by atoms with Crippen molar-refractivity contribution in [1.29, 1.82) is 0 Å². The topological polar surface area (TPSA) is 46.9 Å². The van der Waals surface area contributed by atoms with E-state index in [2.05, 4.69) is 74.9 Å². The number of benzene rings is 2. The van der Waals surface area contributed by atoms with E-state index in [-0.39, 0.29) is 0 Å². The molecule has 36 heavy (non-hydrogen) atoms. The average Bonchev–Trinajstić information content (AvgIpc) is 2.84. The summed E-state index contributed by atoms with van der Waals surface area (Å²) in [6.07, 6.45) is 9.24. The minimum atomic E-state index is 0.373. The molecule has 2 rings (SSSR count). The van der Waals surface area contributed by atoms with Crippen molar-refractivity contribution in [2.75, 3.05) is 26.2 Å². The second-order valence-electron chi connectivity index (χ2n) is 9.82. The lowest BCUT2D eigenvalue weighted by atomic mass is 9.93. The normalized spacial score (nSPS) is 11.4. The lowest BCUT2D eigenvalue weighted by molar-refractivity contribution is 0.262. The van der Waals surface area contributed by atoms with Crippen LogP contribution in [0.3, 0.4) is 0 Å². The zero-order chi connectivity index (χ0) is 26.5. The maximum atomic E-state index is 11.1. The third kappa shape index (κ3) is 8.25. The number of allylic oxidation sites excluding steroid dienone is 2. The van der Waals surface area contributed by atoms with Crippen LogP contribution in [-0.4, -0.2) is 46.2 Å². The van der Waals surface area contributed by atoms with Crippen LogP contribution in [0.1, 0.15) is 75.6 Å². The van der Waals surface area contributed by atoms with E-state index in [1.807, 2.05) is 12.2 Å². The molecule has 0 amide bonds. The van der Waals surface area contributed by atoms with E-state index in [0.717, 1.165) is 98.3 Å². The lowest BCUT2D eigenvalue weighted by Gasteiger charge is -2.24. The molecule has 4 heteroatoms. The summed E-state index contributed by atoms with van der Waals surface area (Å²) in [4.78, 5) is 4.82. The molecule has 2 aromatic rings. The number of aromatic hydroxyl groups is 2. The van der Waals surface area contributed by atoms with E-state index >= 15 is 0 Å². The first kappa shape index (κ1) is 29.7. The van der Waals surface area contributed by atoms with Crippen molar-refractivity contribution in [3.05, 3.63) is 71.8 Å². The number of hydrogen-bond acceptors (Lipinski definition) is 4. The molecule has 0 aliphatic heterocycles. The quantitative estimate of drug-likeness (QED) is 0.225. The van der Waals surface area contributed by atoms with Crippen LogP contribution in [0.5, 0.6) is 11.5 Å². The van der Waals surface area contributed by atoms with Gasteiger partial charge in [-0.2, -0.15) is 0 Å². The minimum absolute atomic E-state index is 0.373. The maximum Gasteiger partial charge on any atom is 0.123 e. The van der Waals surface area contributed by atoms with Gasteiger partial charge in [-0.25, -0.2) is 0 Å². The molecule has 0 aromatic heterocycles. The van der Waals surface area contributed by atoms with Crippen LogP contribution in [-0.2, 0) is 25.9 Å². The van der Waals surface area contributed by atoms with Gasteiger partial charge in [0.15, 0.2) is 0 Å². The van der Waals surface area contributed by atoms with E-state index in [9.17, 15) is 10.2 Å². The van der Waals surface area contributed by atoms with Gasteiger partial charge in [-0.15, -0.1) is 13.2 Å². The van der Waals surface area contributed by atoms with Crippen molar-refractivity contribution in [2.24, 2.45) is 0 Å². The molecular weight excluding hydrogens is 444 g/mol. The van der Waals surface area contributed by atoms with E-state index < -0.39 is 0 Å². The first-order valence-electron chi connectivity index (χ1n) is 13.8. The van der Waals surface area contributed by atoms with Gasteiger partial charge in [-0.1, -0.05) is 39.8 Å². The third-order valence-corrected chi connectivity index (χ3v) is 6.54. The Morgan fingerprint density at radius 2 is 0.889 bits per heavy atom. The highest BCUT2D eigenvalue weighted by atomic mass is 16.3. The van der Waals surface area contributed by atoms with Crippen LogP contribution >= 0.6 is 0 Å². The highest BCUT2D eigenvalue weighted by Gasteiger charge is 2.17. The second kappa shape index (κ2) is 15.5. The van der Waals surface area contributed by atoms with Crippen molar-refractivity contribution in [1.82, 2.24) is 9.80 Å². The number of nitrogens with zero attached hydrogens (tertiary/aromatic N) is 2. The summed E-state index contributed by atoms with van der Waals surface area (Å²) in [6, 6.07) is 8.41. The fourth-order valence-corrected chi connectivity index (χ4v) is 5.00. The molecule has 0 spiro atoms. The zero-order valence-electron chi connectivity index (χ0n) is 23.2. The second-order valence-corrected chi connectivity index (χ2v) is 9.82. The molecule has 0 saturated carbocycles. The molecule has 198 valence electrons. The molecule has 0 heterocycles. The monoisotopic (exact) mass is 492 g/mol. The molecule has 0 unspecified atom stereocenters. The summed E-state index contributed by atoms with van der Waals surface area (Å²) in [5.74, 6) is 0.747. The Hall–Kier alpha value is -2.56. The van der Waals surface area contributed by atoms with Gasteiger partial charge in [0.1, 0.15) is 11.5 Å². The van der Waals surface area contributed by atoms with Gasteiger partial charge in [0.25, 0.3) is 0 Å². The fourth-order valence-electron chi connectivity index (χ4n) is 5.00. The predicted molar refractivity (Wildman–Crippen MR) is 155 cm³/mol. The summed E-state index contributed by atoms with van der Waals surface area (Å²) >= 11 is 0. The van der Waals surface area contributed by atoms with E-state index in [1.54, 1.807) is 0 Å². The number of rotatable bonds is 17. The van der Waals surface area contributed by atoms with E-state index in [4.69, 9.17) is 0 Å². The number of phenolic OH excluding ortho intramolecular Hbond substituents is 2. The highest BCUT2D eigenvalue weighted by molar-refractivity contribution is 5.71. The molecule has 0 atom stereocenters. The first-order valence-corrected chi connectivity index (χ1v) is 13.8. The zero-order valence-corrected chi connectivity index (χ0v) is 23.2. The third-order valence-electron chi connectivity index (χ3n) is 6.54. The lowest BCUT2D eigenvalue weighted by Crippen LogP contribution is -2.25. The standard InChI is InChI=1S/C32H48N2O2/c1-7-13-25-19-27(21-29(31(25)35)23-33(15-9-3)16-10-4)28-20-26(14-8-2)32(36)30(22-28)24-34(17-11-5)18-12-6/h7-8,19-22,35-36H,1-2,9-18,23-24H2,3-6H3. The Bertz CT molecular complexity index is 891. The van der Waals surface area contributed by atoms with Crippen LogP contribution in [0, 0.1) is 0 Å². The molecule has 0 fully saturated rings. The fraction of sp³-hybridized carbons (Fsp3) is 0.500. The molecule has 4 nitrogen and oxygen atoms in total. The molecular formula is C32H48N2O2. The van der Waals surface area contributed by atoms with Gasteiger partial charge in [0, 0.05) is 24.2 Å². The highest BCUT2D eigenvalue weighted by Crippen LogP contribution is 2.36.